The van der Waals surface area contributed by atoms with Crippen molar-refractivity contribution in [2.45, 2.75) is 19.9 Å². The molecule has 0 saturated heterocycles. The molecule has 3 nitrogen and oxygen atoms in total. The Morgan fingerprint density at radius 1 is 1.38 bits per heavy atom. The number of hydrogen-bond acceptors (Lipinski definition) is 3. The molecule has 0 aliphatic rings. The van der Waals surface area contributed by atoms with Crippen molar-refractivity contribution in [2.24, 2.45) is 5.73 Å². The molecule has 0 aliphatic heterocycles. The molecule has 2 N–H and O–H groups in total. The van der Waals surface area contributed by atoms with Gasteiger partial charge in [0.15, 0.2) is 0 Å². The highest BCUT2D eigenvalue weighted by Gasteiger charge is 2.04. The van der Waals surface area contributed by atoms with E-state index in [1.54, 1.807) is 6.08 Å². The summed E-state index contributed by atoms with van der Waals surface area (Å²) < 4.78 is 11.0. The molecule has 0 heterocycles. The SMILES string of the molecule is C=CCOc1cc(OCCC)ccc1CN. The Bertz CT molecular complexity index is 337. The van der Waals surface area contributed by atoms with Crippen molar-refractivity contribution >= 4 is 0 Å². The monoisotopic (exact) mass is 221 g/mol. The molecule has 0 aliphatic carbocycles. The predicted octanol–water partition coefficient (Wildman–Crippen LogP) is 2.50. The molecular weight excluding hydrogens is 202 g/mol. The highest BCUT2D eigenvalue weighted by molar-refractivity contribution is 5.40. The first-order valence-corrected chi connectivity index (χ1v) is 5.51. The highest BCUT2D eigenvalue weighted by Crippen LogP contribution is 2.24. The summed E-state index contributed by atoms with van der Waals surface area (Å²) in [6, 6.07) is 5.73. The second-order valence-electron chi connectivity index (χ2n) is 3.42. The van der Waals surface area contributed by atoms with Crippen LogP contribution in [0.15, 0.2) is 30.9 Å². The van der Waals surface area contributed by atoms with Gasteiger partial charge in [0.1, 0.15) is 18.1 Å². The molecule has 0 saturated carbocycles. The van der Waals surface area contributed by atoms with Crippen molar-refractivity contribution in [1.29, 1.82) is 0 Å². The van der Waals surface area contributed by atoms with Crippen molar-refractivity contribution in [3.8, 4) is 11.5 Å². The third-order valence-corrected chi connectivity index (χ3v) is 2.09. The molecule has 1 aromatic carbocycles. The van der Waals surface area contributed by atoms with E-state index in [0.717, 1.165) is 23.5 Å². The first-order chi connectivity index (χ1) is 7.81. The van der Waals surface area contributed by atoms with Crippen LogP contribution >= 0.6 is 0 Å². The van der Waals surface area contributed by atoms with Crippen LogP contribution in [-0.4, -0.2) is 13.2 Å². The molecule has 16 heavy (non-hydrogen) atoms. The van der Waals surface area contributed by atoms with E-state index < -0.39 is 0 Å². The summed E-state index contributed by atoms with van der Waals surface area (Å²) in [5, 5.41) is 0. The topological polar surface area (TPSA) is 44.5 Å². The Balaban J connectivity index is 2.78. The molecule has 0 aromatic heterocycles. The van der Waals surface area contributed by atoms with Gasteiger partial charge in [-0.15, -0.1) is 0 Å². The van der Waals surface area contributed by atoms with Crippen LogP contribution < -0.4 is 15.2 Å². The fourth-order valence-electron chi connectivity index (χ4n) is 1.30. The zero-order valence-corrected chi connectivity index (χ0v) is 9.74. The molecule has 0 atom stereocenters. The Kier molecular flexibility index (Phi) is 5.43. The Hall–Kier alpha value is -1.48. The molecule has 3 heteroatoms. The average Bonchev–Trinajstić information content (AvgIpc) is 2.33. The lowest BCUT2D eigenvalue weighted by molar-refractivity contribution is 0.311. The van der Waals surface area contributed by atoms with Crippen LogP contribution in [0.3, 0.4) is 0 Å². The van der Waals surface area contributed by atoms with Crippen molar-refractivity contribution in [3.05, 3.63) is 36.4 Å². The minimum Gasteiger partial charge on any atom is -0.493 e. The molecular formula is C13H19NO2. The number of ether oxygens (including phenoxy) is 2. The van der Waals surface area contributed by atoms with E-state index in [1.165, 1.54) is 0 Å². The minimum atomic E-state index is 0.459. The van der Waals surface area contributed by atoms with E-state index in [-0.39, 0.29) is 0 Å². The number of benzene rings is 1. The maximum atomic E-state index is 5.63. The Morgan fingerprint density at radius 2 is 2.19 bits per heavy atom. The Morgan fingerprint density at radius 3 is 2.81 bits per heavy atom. The van der Waals surface area contributed by atoms with Crippen molar-refractivity contribution in [3.63, 3.8) is 0 Å². The molecule has 0 radical (unpaired) electrons. The van der Waals surface area contributed by atoms with Gasteiger partial charge in [-0.3, -0.25) is 0 Å². The molecule has 0 amide bonds. The maximum absolute atomic E-state index is 5.63. The van der Waals surface area contributed by atoms with Gasteiger partial charge in [0.25, 0.3) is 0 Å². The van der Waals surface area contributed by atoms with Gasteiger partial charge < -0.3 is 15.2 Å². The molecule has 0 bridgehead atoms. The van der Waals surface area contributed by atoms with Gasteiger partial charge in [-0.2, -0.15) is 0 Å². The van der Waals surface area contributed by atoms with Crippen molar-refractivity contribution < 1.29 is 9.47 Å². The van der Waals surface area contributed by atoms with E-state index in [9.17, 15) is 0 Å². The van der Waals surface area contributed by atoms with Crippen LogP contribution in [0.4, 0.5) is 0 Å². The zero-order valence-electron chi connectivity index (χ0n) is 9.74. The zero-order chi connectivity index (χ0) is 11.8. The maximum Gasteiger partial charge on any atom is 0.127 e. The van der Waals surface area contributed by atoms with Crippen LogP contribution in [0.2, 0.25) is 0 Å². The lowest BCUT2D eigenvalue weighted by Crippen LogP contribution is -2.03. The van der Waals surface area contributed by atoms with E-state index in [2.05, 4.69) is 13.5 Å². The molecule has 0 fully saturated rings. The second-order valence-corrected chi connectivity index (χ2v) is 3.42. The van der Waals surface area contributed by atoms with Gasteiger partial charge in [0.05, 0.1) is 6.61 Å². The Labute approximate surface area is 96.9 Å². The van der Waals surface area contributed by atoms with Gasteiger partial charge in [0.2, 0.25) is 0 Å². The third-order valence-electron chi connectivity index (χ3n) is 2.09. The van der Waals surface area contributed by atoms with Crippen LogP contribution in [0.25, 0.3) is 0 Å². The van der Waals surface area contributed by atoms with Crippen LogP contribution in [0, 0.1) is 0 Å². The van der Waals surface area contributed by atoms with E-state index in [1.807, 2.05) is 18.2 Å². The highest BCUT2D eigenvalue weighted by atomic mass is 16.5. The van der Waals surface area contributed by atoms with Gasteiger partial charge in [-0.25, -0.2) is 0 Å². The third kappa shape index (κ3) is 3.59. The smallest absolute Gasteiger partial charge is 0.127 e. The lowest BCUT2D eigenvalue weighted by Gasteiger charge is -2.11. The number of rotatable bonds is 7. The molecule has 0 unspecified atom stereocenters. The van der Waals surface area contributed by atoms with Crippen LogP contribution in [-0.2, 0) is 6.54 Å². The summed E-state index contributed by atoms with van der Waals surface area (Å²) in [5.41, 5.74) is 6.60. The van der Waals surface area contributed by atoms with Gasteiger partial charge >= 0.3 is 0 Å². The predicted molar refractivity (Wildman–Crippen MR) is 65.8 cm³/mol. The standard InChI is InChI=1S/C13H19NO2/c1-3-7-15-12-6-5-11(10-14)13(9-12)16-8-4-2/h4-6,9H,2-3,7-8,10,14H2,1H3. The summed E-state index contributed by atoms with van der Waals surface area (Å²) >= 11 is 0. The first-order valence-electron chi connectivity index (χ1n) is 5.51. The second kappa shape index (κ2) is 6.90. The lowest BCUT2D eigenvalue weighted by atomic mass is 10.2. The summed E-state index contributed by atoms with van der Waals surface area (Å²) in [6.45, 7) is 7.34. The van der Waals surface area contributed by atoms with Gasteiger partial charge in [0, 0.05) is 18.2 Å². The molecule has 1 aromatic rings. The number of hydrogen-bond donors (Lipinski definition) is 1. The summed E-state index contributed by atoms with van der Waals surface area (Å²) in [7, 11) is 0. The fourth-order valence-corrected chi connectivity index (χ4v) is 1.30. The van der Waals surface area contributed by atoms with Gasteiger partial charge in [-0.1, -0.05) is 25.6 Å². The van der Waals surface area contributed by atoms with Gasteiger partial charge in [-0.05, 0) is 12.5 Å². The molecule has 1 rings (SSSR count). The quantitative estimate of drug-likeness (QED) is 0.719. The van der Waals surface area contributed by atoms with E-state index in [0.29, 0.717) is 19.8 Å². The first kappa shape index (κ1) is 12.6. The normalized spacial score (nSPS) is 9.88. The molecule has 0 spiro atoms. The minimum absolute atomic E-state index is 0.459. The fraction of sp³-hybridized carbons (Fsp3) is 0.385. The summed E-state index contributed by atoms with van der Waals surface area (Å²) in [5.74, 6) is 1.59. The van der Waals surface area contributed by atoms with Crippen molar-refractivity contribution in [2.75, 3.05) is 13.2 Å². The summed E-state index contributed by atoms with van der Waals surface area (Å²) in [4.78, 5) is 0. The summed E-state index contributed by atoms with van der Waals surface area (Å²) in [6.07, 6.45) is 2.70. The van der Waals surface area contributed by atoms with E-state index in [4.69, 9.17) is 15.2 Å². The van der Waals surface area contributed by atoms with Crippen LogP contribution in [0.1, 0.15) is 18.9 Å². The van der Waals surface area contributed by atoms with Crippen molar-refractivity contribution in [1.82, 2.24) is 0 Å². The average molecular weight is 221 g/mol. The largest absolute Gasteiger partial charge is 0.493 e. The molecule has 88 valence electrons. The van der Waals surface area contributed by atoms with E-state index >= 15 is 0 Å². The number of nitrogens with two attached hydrogens (primary N) is 1. The van der Waals surface area contributed by atoms with Crippen LogP contribution in [0.5, 0.6) is 11.5 Å².